The Kier molecular flexibility index (Phi) is 6.83. The highest BCUT2D eigenvalue weighted by molar-refractivity contribution is 6.32. The number of allylic oxidation sites excluding steroid dienone is 4. The Bertz CT molecular complexity index is 1190. The van der Waals surface area contributed by atoms with Crippen LogP contribution in [0.2, 0.25) is 5.02 Å². The van der Waals surface area contributed by atoms with Crippen LogP contribution in [0.3, 0.4) is 0 Å². The number of halogens is 1. The molecule has 0 saturated carbocycles. The van der Waals surface area contributed by atoms with Gasteiger partial charge in [0.05, 0.1) is 11.4 Å². The summed E-state index contributed by atoms with van der Waals surface area (Å²) in [5.41, 5.74) is 3.01. The summed E-state index contributed by atoms with van der Waals surface area (Å²) in [7, 11) is 0. The summed E-state index contributed by atoms with van der Waals surface area (Å²) < 4.78 is 5.52. The summed E-state index contributed by atoms with van der Waals surface area (Å²) in [5, 5.41) is 9.82. The highest BCUT2D eigenvalue weighted by Gasteiger charge is 2.49. The summed E-state index contributed by atoms with van der Waals surface area (Å²) in [5.74, 6) is 1.35. The number of carboxylic acid groups (broad SMARTS) is 1. The van der Waals surface area contributed by atoms with E-state index in [0.717, 1.165) is 17.0 Å². The number of ether oxygens (including phenoxy) is 1. The first kappa shape index (κ1) is 26.0. The summed E-state index contributed by atoms with van der Waals surface area (Å²) in [6.45, 7) is 8.49. The van der Waals surface area contributed by atoms with E-state index in [0.29, 0.717) is 47.6 Å². The van der Waals surface area contributed by atoms with E-state index in [1.54, 1.807) is 12.1 Å². The van der Waals surface area contributed by atoms with Gasteiger partial charge in [-0.3, -0.25) is 14.4 Å². The molecule has 0 amide bonds. The average Bonchev–Trinajstić information content (AvgIpc) is 2.74. The van der Waals surface area contributed by atoms with E-state index in [4.69, 9.17) is 22.8 Å². The minimum absolute atomic E-state index is 0.0143. The molecular formula is C29H32ClNO5. The molecule has 0 aromatic heterocycles. The number of aliphatic carboxylic acids is 1. The monoisotopic (exact) mass is 509 g/mol. The topological polar surface area (TPSA) is 83.9 Å². The Hall–Kier alpha value is -3.04. The maximum atomic E-state index is 13.7. The fourth-order valence-electron chi connectivity index (χ4n) is 5.79. The Labute approximate surface area is 217 Å². The van der Waals surface area contributed by atoms with Crippen LogP contribution in [-0.4, -0.2) is 40.7 Å². The lowest BCUT2D eigenvalue weighted by Gasteiger charge is -2.49. The van der Waals surface area contributed by atoms with Gasteiger partial charge in [-0.2, -0.15) is 0 Å². The van der Waals surface area contributed by atoms with Crippen LogP contribution >= 0.6 is 11.6 Å². The number of carboxylic acids is 1. The number of rotatable bonds is 6. The lowest BCUT2D eigenvalue weighted by atomic mass is 9.63. The molecule has 1 aliphatic heterocycles. The largest absolute Gasteiger partial charge is 0.481 e. The van der Waals surface area contributed by atoms with Crippen LogP contribution in [0.25, 0.3) is 0 Å². The van der Waals surface area contributed by atoms with E-state index in [1.807, 2.05) is 38.7 Å². The average molecular weight is 510 g/mol. The van der Waals surface area contributed by atoms with Crippen molar-refractivity contribution >= 4 is 29.1 Å². The second-order valence-electron chi connectivity index (χ2n) is 11.5. The molecule has 3 aliphatic rings. The number of hydrogen-bond acceptors (Lipinski definition) is 5. The minimum atomic E-state index is -0.918. The lowest BCUT2D eigenvalue weighted by Crippen LogP contribution is -2.45. The van der Waals surface area contributed by atoms with Gasteiger partial charge in [-0.05, 0) is 41.4 Å². The normalized spacial score (nSPS) is 21.2. The van der Waals surface area contributed by atoms with Crippen molar-refractivity contribution in [2.75, 3.05) is 13.2 Å². The Morgan fingerprint density at radius 1 is 1.08 bits per heavy atom. The Morgan fingerprint density at radius 2 is 1.64 bits per heavy atom. The van der Waals surface area contributed by atoms with Gasteiger partial charge in [0.1, 0.15) is 12.4 Å². The fraction of sp³-hybridized carbons (Fsp3) is 0.483. The van der Waals surface area contributed by atoms with Crippen molar-refractivity contribution in [3.63, 3.8) is 0 Å². The SMILES string of the molecule is C#CCOc1ccc(C2C3=C(CC(C)(C)CC3=O)N(CCC(=O)O)C3=C2C(=O)CC(C)(C)C3)cc1Cl. The zero-order chi connectivity index (χ0) is 26.4. The standard InChI is InChI=1S/C29H32ClNO5/c1-6-11-36-23-8-7-17(12-18(23)30)25-26-19(13-28(2,3)15-21(26)32)31(10-9-24(34)35)20-14-29(4,5)16-22(33)27(20)25/h1,7-8,12,25H,9-11,13-16H2,2-5H3,(H,34,35). The van der Waals surface area contributed by atoms with Gasteiger partial charge in [0.2, 0.25) is 0 Å². The van der Waals surface area contributed by atoms with Gasteiger partial charge < -0.3 is 14.7 Å². The second kappa shape index (κ2) is 9.44. The summed E-state index contributed by atoms with van der Waals surface area (Å²) in [4.78, 5) is 40.9. The third-order valence-electron chi connectivity index (χ3n) is 7.17. The third kappa shape index (κ3) is 4.95. The number of benzene rings is 1. The maximum absolute atomic E-state index is 13.7. The molecule has 1 aromatic rings. The highest BCUT2D eigenvalue weighted by Crippen LogP contribution is 2.54. The van der Waals surface area contributed by atoms with Crippen LogP contribution in [0.15, 0.2) is 40.7 Å². The van der Waals surface area contributed by atoms with Gasteiger partial charge in [-0.15, -0.1) is 6.42 Å². The molecule has 0 spiro atoms. The number of terminal acetylenes is 1. The second-order valence-corrected chi connectivity index (χ2v) is 11.9. The van der Waals surface area contributed by atoms with Gasteiger partial charge in [0.25, 0.3) is 0 Å². The van der Waals surface area contributed by atoms with E-state index in [-0.39, 0.29) is 42.0 Å². The molecule has 1 N–H and O–H groups in total. The Morgan fingerprint density at radius 3 is 2.11 bits per heavy atom. The van der Waals surface area contributed by atoms with Crippen LogP contribution in [0.4, 0.5) is 0 Å². The van der Waals surface area contributed by atoms with Crippen LogP contribution in [0.5, 0.6) is 5.75 Å². The molecule has 6 nitrogen and oxygen atoms in total. The zero-order valence-corrected chi connectivity index (χ0v) is 22.0. The molecule has 0 radical (unpaired) electrons. The predicted octanol–water partition coefficient (Wildman–Crippen LogP) is 5.51. The number of Topliss-reactive ketones (excluding diaryl/α,β-unsaturated/α-hetero) is 2. The van der Waals surface area contributed by atoms with E-state index < -0.39 is 11.9 Å². The van der Waals surface area contributed by atoms with Crippen molar-refractivity contribution in [3.05, 3.63) is 51.3 Å². The van der Waals surface area contributed by atoms with Gasteiger partial charge in [0.15, 0.2) is 11.6 Å². The van der Waals surface area contributed by atoms with Crippen molar-refractivity contribution in [2.24, 2.45) is 10.8 Å². The van der Waals surface area contributed by atoms with E-state index in [9.17, 15) is 19.5 Å². The first-order valence-corrected chi connectivity index (χ1v) is 12.6. The van der Waals surface area contributed by atoms with Crippen molar-refractivity contribution in [2.45, 2.75) is 65.7 Å². The maximum Gasteiger partial charge on any atom is 0.305 e. The van der Waals surface area contributed by atoms with Gasteiger partial charge >= 0.3 is 5.97 Å². The first-order chi connectivity index (χ1) is 16.8. The number of nitrogens with zero attached hydrogens (tertiary/aromatic N) is 1. The molecule has 4 rings (SSSR count). The summed E-state index contributed by atoms with van der Waals surface area (Å²) >= 11 is 6.54. The molecule has 2 aliphatic carbocycles. The smallest absolute Gasteiger partial charge is 0.305 e. The molecule has 36 heavy (non-hydrogen) atoms. The lowest BCUT2D eigenvalue weighted by molar-refractivity contribution is -0.137. The van der Waals surface area contributed by atoms with Crippen LogP contribution in [0, 0.1) is 23.2 Å². The fourth-order valence-corrected chi connectivity index (χ4v) is 6.04. The third-order valence-corrected chi connectivity index (χ3v) is 7.47. The van der Waals surface area contributed by atoms with E-state index >= 15 is 0 Å². The zero-order valence-electron chi connectivity index (χ0n) is 21.2. The van der Waals surface area contributed by atoms with Crippen LogP contribution in [-0.2, 0) is 14.4 Å². The van der Waals surface area contributed by atoms with Crippen LogP contribution < -0.4 is 4.74 Å². The molecule has 0 atom stereocenters. The minimum Gasteiger partial charge on any atom is -0.481 e. The quantitative estimate of drug-likeness (QED) is 0.509. The van der Waals surface area contributed by atoms with E-state index in [2.05, 4.69) is 5.92 Å². The molecule has 0 saturated heterocycles. The first-order valence-electron chi connectivity index (χ1n) is 12.2. The van der Waals surface area contributed by atoms with Crippen molar-refractivity contribution in [3.8, 4) is 18.1 Å². The van der Waals surface area contributed by atoms with E-state index in [1.165, 1.54) is 0 Å². The van der Waals surface area contributed by atoms with Gasteiger partial charge in [0, 0.05) is 47.8 Å². The van der Waals surface area contributed by atoms with Crippen molar-refractivity contribution in [1.29, 1.82) is 0 Å². The molecule has 0 unspecified atom stereocenters. The summed E-state index contributed by atoms with van der Waals surface area (Å²) in [6, 6.07) is 5.31. The highest BCUT2D eigenvalue weighted by atomic mass is 35.5. The molecule has 7 heteroatoms. The number of carbonyl (C=O) groups excluding carboxylic acids is 2. The van der Waals surface area contributed by atoms with Crippen LogP contribution in [0.1, 0.15) is 71.3 Å². The Balaban J connectivity index is 1.94. The molecule has 1 heterocycles. The van der Waals surface area contributed by atoms with Crippen molar-refractivity contribution in [1.82, 2.24) is 4.90 Å². The number of hydrogen-bond donors (Lipinski definition) is 1. The van der Waals surface area contributed by atoms with Gasteiger partial charge in [-0.25, -0.2) is 0 Å². The molecule has 0 fully saturated rings. The molecular weight excluding hydrogens is 478 g/mol. The molecule has 0 bridgehead atoms. The summed E-state index contributed by atoms with van der Waals surface area (Å²) in [6.07, 6.45) is 7.16. The number of carbonyl (C=O) groups is 3. The molecule has 190 valence electrons. The molecule has 1 aromatic carbocycles. The predicted molar refractivity (Wildman–Crippen MR) is 138 cm³/mol. The van der Waals surface area contributed by atoms with Crippen molar-refractivity contribution < 1.29 is 24.2 Å². The number of ketones is 2. The van der Waals surface area contributed by atoms with Gasteiger partial charge in [-0.1, -0.05) is 51.3 Å².